The molecule has 1 aromatic carbocycles. The zero-order valence-corrected chi connectivity index (χ0v) is 20.2. The van der Waals surface area contributed by atoms with Crippen molar-refractivity contribution < 1.29 is 19.4 Å². The lowest BCUT2D eigenvalue weighted by Crippen LogP contribution is -2.28. The van der Waals surface area contributed by atoms with E-state index >= 15 is 0 Å². The lowest BCUT2D eigenvalue weighted by atomic mass is 9.94. The first-order valence-corrected chi connectivity index (χ1v) is 12.5. The van der Waals surface area contributed by atoms with E-state index in [2.05, 4.69) is 22.3 Å². The number of methoxy groups -OCH3 is 1. The number of anilines is 1. The average Bonchev–Trinajstić information content (AvgIpc) is 3.30. The molecular weight excluding hydrogens is 430 g/mol. The summed E-state index contributed by atoms with van der Waals surface area (Å²) in [4.78, 5) is 18.9. The normalized spacial score (nSPS) is 18.8. The van der Waals surface area contributed by atoms with Crippen molar-refractivity contribution >= 4 is 11.8 Å². The van der Waals surface area contributed by atoms with Crippen molar-refractivity contribution in [2.24, 2.45) is 5.92 Å². The lowest BCUT2D eigenvalue weighted by Gasteiger charge is -2.24. The van der Waals surface area contributed by atoms with Crippen LogP contribution in [0.3, 0.4) is 0 Å². The third-order valence-corrected chi connectivity index (χ3v) is 6.92. The summed E-state index contributed by atoms with van der Waals surface area (Å²) in [5.41, 5.74) is 3.52. The average molecular weight is 468 g/mol. The maximum atomic E-state index is 11.6. The summed E-state index contributed by atoms with van der Waals surface area (Å²) >= 11 is 0. The fourth-order valence-electron chi connectivity index (χ4n) is 5.09. The predicted octanol–water partition coefficient (Wildman–Crippen LogP) is 3.98. The molecule has 7 heteroatoms. The lowest BCUT2D eigenvalue weighted by molar-refractivity contribution is -0.137. The van der Waals surface area contributed by atoms with E-state index in [9.17, 15) is 9.90 Å². The monoisotopic (exact) mass is 467 g/mol. The van der Waals surface area contributed by atoms with Gasteiger partial charge in [-0.2, -0.15) is 0 Å². The Bertz CT molecular complexity index is 951. The Morgan fingerprint density at radius 2 is 2.21 bits per heavy atom. The second kappa shape index (κ2) is 12.2. The maximum absolute atomic E-state index is 11.6. The number of likely N-dealkylation sites (tertiary alicyclic amines) is 1. The van der Waals surface area contributed by atoms with Crippen LogP contribution < -0.4 is 10.1 Å². The van der Waals surface area contributed by atoms with Gasteiger partial charge in [0.2, 0.25) is 0 Å². The van der Waals surface area contributed by atoms with Gasteiger partial charge in [-0.3, -0.25) is 4.79 Å². The molecule has 0 spiro atoms. The number of rotatable bonds is 12. The van der Waals surface area contributed by atoms with Crippen molar-refractivity contribution in [3.63, 3.8) is 0 Å². The number of benzene rings is 1. The first kappa shape index (κ1) is 24.5. The summed E-state index contributed by atoms with van der Waals surface area (Å²) in [7, 11) is 1.65. The summed E-state index contributed by atoms with van der Waals surface area (Å²) < 4.78 is 10.8. The third-order valence-electron chi connectivity index (χ3n) is 6.92. The molecular formula is C27H37N3O4. The van der Waals surface area contributed by atoms with Crippen LogP contribution in [0, 0.1) is 5.92 Å². The molecule has 7 nitrogen and oxygen atoms in total. The van der Waals surface area contributed by atoms with Crippen molar-refractivity contribution in [1.82, 2.24) is 9.88 Å². The molecule has 0 saturated carbocycles. The Morgan fingerprint density at radius 1 is 1.29 bits per heavy atom. The van der Waals surface area contributed by atoms with Crippen LogP contribution in [0.4, 0.5) is 5.82 Å². The van der Waals surface area contributed by atoms with Crippen LogP contribution in [0.25, 0.3) is 0 Å². The number of hydrogen-bond acceptors (Lipinski definition) is 6. The standard InChI is InChI=1S/C27H37N3O4/c1-33-14-15-34-25-6-2-4-22(16-25)23(17-26(31)32)19-30-13-11-20(18-30)7-9-24-10-8-21-5-3-12-28-27(21)29-24/h2,4,6,8,10,16,20,23H,3,5,7,9,11-15,17-19H2,1H3,(H,28,29)(H,31,32)/t20?,23-/m1/s1. The second-order valence-corrected chi connectivity index (χ2v) is 9.50. The minimum atomic E-state index is -0.765. The van der Waals surface area contributed by atoms with E-state index in [1.54, 1.807) is 7.11 Å². The van der Waals surface area contributed by atoms with E-state index in [-0.39, 0.29) is 12.3 Å². The number of nitrogens with one attached hydrogen (secondary N) is 1. The van der Waals surface area contributed by atoms with Gasteiger partial charge < -0.3 is 24.8 Å². The minimum absolute atomic E-state index is 0.0596. The van der Waals surface area contributed by atoms with Crippen molar-refractivity contribution in [3.8, 4) is 5.75 Å². The maximum Gasteiger partial charge on any atom is 0.304 e. The molecule has 34 heavy (non-hydrogen) atoms. The quantitative estimate of drug-likeness (QED) is 0.457. The molecule has 2 aliphatic heterocycles. The molecule has 2 aliphatic rings. The zero-order chi connectivity index (χ0) is 23.8. The van der Waals surface area contributed by atoms with E-state index in [1.807, 2.05) is 24.3 Å². The number of nitrogens with zero attached hydrogens (tertiary/aromatic N) is 2. The molecule has 1 aromatic heterocycles. The zero-order valence-electron chi connectivity index (χ0n) is 20.2. The van der Waals surface area contributed by atoms with Gasteiger partial charge in [-0.15, -0.1) is 0 Å². The van der Waals surface area contributed by atoms with Gasteiger partial charge in [0.15, 0.2) is 0 Å². The molecule has 4 rings (SSSR count). The molecule has 2 aromatic rings. The Morgan fingerprint density at radius 3 is 3.06 bits per heavy atom. The highest BCUT2D eigenvalue weighted by Gasteiger charge is 2.27. The summed E-state index contributed by atoms with van der Waals surface area (Å²) in [6, 6.07) is 12.3. The van der Waals surface area contributed by atoms with Crippen LogP contribution in [0.15, 0.2) is 36.4 Å². The highest BCUT2D eigenvalue weighted by atomic mass is 16.5. The Labute approximate surface area is 202 Å². The van der Waals surface area contributed by atoms with Gasteiger partial charge in [0.25, 0.3) is 0 Å². The van der Waals surface area contributed by atoms with Gasteiger partial charge >= 0.3 is 5.97 Å². The molecule has 3 heterocycles. The van der Waals surface area contributed by atoms with E-state index in [0.29, 0.717) is 19.1 Å². The van der Waals surface area contributed by atoms with E-state index in [1.165, 1.54) is 17.7 Å². The molecule has 2 N–H and O–H groups in total. The van der Waals surface area contributed by atoms with E-state index in [0.717, 1.165) is 69.0 Å². The number of carbonyl (C=O) groups is 1. The van der Waals surface area contributed by atoms with Crippen molar-refractivity contribution in [2.75, 3.05) is 51.8 Å². The molecule has 1 saturated heterocycles. The van der Waals surface area contributed by atoms with Crippen molar-refractivity contribution in [1.29, 1.82) is 0 Å². The summed E-state index contributed by atoms with van der Waals surface area (Å²) in [6.07, 6.45) is 5.69. The molecule has 0 amide bonds. The van der Waals surface area contributed by atoms with Gasteiger partial charge in [0, 0.05) is 38.4 Å². The minimum Gasteiger partial charge on any atom is -0.491 e. The van der Waals surface area contributed by atoms with Gasteiger partial charge in [-0.1, -0.05) is 18.2 Å². The summed E-state index contributed by atoms with van der Waals surface area (Å²) in [5, 5.41) is 13.0. The fraction of sp³-hybridized carbons (Fsp3) is 0.556. The number of ether oxygens (including phenoxy) is 2. The van der Waals surface area contributed by atoms with Crippen LogP contribution in [0.1, 0.15) is 48.4 Å². The predicted molar refractivity (Wildman–Crippen MR) is 133 cm³/mol. The molecule has 2 atom stereocenters. The van der Waals surface area contributed by atoms with Crippen LogP contribution >= 0.6 is 0 Å². The van der Waals surface area contributed by atoms with Gasteiger partial charge in [-0.05, 0) is 73.9 Å². The smallest absolute Gasteiger partial charge is 0.304 e. The number of fused-ring (bicyclic) bond motifs is 1. The topological polar surface area (TPSA) is 83.9 Å². The van der Waals surface area contributed by atoms with Crippen molar-refractivity contribution in [3.05, 3.63) is 53.2 Å². The number of carboxylic acids is 1. The van der Waals surface area contributed by atoms with Crippen LogP contribution in [0.5, 0.6) is 5.75 Å². The van der Waals surface area contributed by atoms with Crippen LogP contribution in [-0.4, -0.2) is 67.5 Å². The number of carboxylic acid groups (broad SMARTS) is 1. The largest absolute Gasteiger partial charge is 0.491 e. The number of hydrogen-bond donors (Lipinski definition) is 2. The third kappa shape index (κ3) is 6.93. The molecule has 184 valence electrons. The van der Waals surface area contributed by atoms with Crippen molar-refractivity contribution in [2.45, 2.75) is 44.4 Å². The number of aryl methyl sites for hydroxylation is 2. The van der Waals surface area contributed by atoms with Gasteiger partial charge in [-0.25, -0.2) is 4.98 Å². The fourth-order valence-corrected chi connectivity index (χ4v) is 5.09. The molecule has 1 fully saturated rings. The molecule has 0 radical (unpaired) electrons. The highest BCUT2D eigenvalue weighted by Crippen LogP contribution is 2.29. The van der Waals surface area contributed by atoms with E-state index < -0.39 is 5.97 Å². The first-order valence-electron chi connectivity index (χ1n) is 12.5. The van der Waals surface area contributed by atoms with Crippen LogP contribution in [0.2, 0.25) is 0 Å². The molecule has 0 bridgehead atoms. The van der Waals surface area contributed by atoms with Gasteiger partial charge in [0.05, 0.1) is 13.0 Å². The summed E-state index contributed by atoms with van der Waals surface area (Å²) in [6.45, 7) is 4.81. The van der Waals surface area contributed by atoms with E-state index in [4.69, 9.17) is 14.5 Å². The Kier molecular flexibility index (Phi) is 8.77. The van der Waals surface area contributed by atoms with Gasteiger partial charge in [0.1, 0.15) is 18.2 Å². The second-order valence-electron chi connectivity index (χ2n) is 9.50. The summed E-state index contributed by atoms with van der Waals surface area (Å²) in [5.74, 6) is 1.63. The first-order chi connectivity index (χ1) is 16.6. The number of aromatic nitrogens is 1. The number of pyridine rings is 1. The number of aliphatic carboxylic acids is 1. The Balaban J connectivity index is 1.31. The molecule has 1 unspecified atom stereocenters. The highest BCUT2D eigenvalue weighted by molar-refractivity contribution is 5.68. The van der Waals surface area contributed by atoms with Crippen LogP contribution in [-0.2, 0) is 22.4 Å². The Hall–Kier alpha value is -2.64. The molecule has 0 aliphatic carbocycles. The SMILES string of the molecule is COCCOc1cccc([C@H](CC(=O)O)CN2CCC(CCc3ccc4c(n3)NCCC4)C2)c1.